The van der Waals surface area contributed by atoms with Gasteiger partial charge in [0, 0.05) is 30.1 Å². The van der Waals surface area contributed by atoms with E-state index in [9.17, 15) is 9.59 Å². The zero-order chi connectivity index (χ0) is 20.6. The number of aromatic nitrogens is 2. The fourth-order valence-electron chi connectivity index (χ4n) is 2.69. The third-order valence-corrected chi connectivity index (χ3v) is 5.49. The standard InChI is InChI=1S/C21H21ClN4O2S/c1-14-6-2-3-7-15(14)13-23-18(27)10-5-11-19-25-26-21(29-19)20(28)24-17-9-4-8-16(22)12-17/h2-4,6-9,12H,5,10-11,13H2,1H3,(H,23,27)(H,24,28). The van der Waals surface area contributed by atoms with E-state index in [4.69, 9.17) is 11.6 Å². The van der Waals surface area contributed by atoms with Crippen molar-refractivity contribution in [3.63, 3.8) is 0 Å². The van der Waals surface area contributed by atoms with Crippen LogP contribution in [-0.4, -0.2) is 22.0 Å². The van der Waals surface area contributed by atoms with Gasteiger partial charge in [-0.2, -0.15) is 0 Å². The van der Waals surface area contributed by atoms with Crippen molar-refractivity contribution in [2.45, 2.75) is 32.7 Å². The van der Waals surface area contributed by atoms with Gasteiger partial charge >= 0.3 is 0 Å². The predicted octanol–water partition coefficient (Wildman–Crippen LogP) is 4.39. The molecule has 0 saturated carbocycles. The summed E-state index contributed by atoms with van der Waals surface area (Å²) < 4.78 is 0. The Kier molecular flexibility index (Phi) is 7.32. The van der Waals surface area contributed by atoms with Crippen molar-refractivity contribution >= 4 is 40.4 Å². The lowest BCUT2D eigenvalue weighted by Crippen LogP contribution is -2.22. The average Bonchev–Trinajstić information content (AvgIpc) is 3.16. The summed E-state index contributed by atoms with van der Waals surface area (Å²) in [6, 6.07) is 14.9. The molecule has 0 bridgehead atoms. The Balaban J connectivity index is 1.42. The Morgan fingerprint density at radius 2 is 1.93 bits per heavy atom. The highest BCUT2D eigenvalue weighted by Gasteiger charge is 2.13. The van der Waals surface area contributed by atoms with Gasteiger partial charge in [-0.15, -0.1) is 10.2 Å². The fourth-order valence-corrected chi connectivity index (χ4v) is 3.65. The molecule has 0 radical (unpaired) electrons. The molecular formula is C21H21ClN4O2S. The summed E-state index contributed by atoms with van der Waals surface area (Å²) in [6.45, 7) is 2.55. The molecule has 150 valence electrons. The Labute approximate surface area is 178 Å². The number of hydrogen-bond acceptors (Lipinski definition) is 5. The van der Waals surface area contributed by atoms with Gasteiger partial charge in [0.2, 0.25) is 10.9 Å². The quantitative estimate of drug-likeness (QED) is 0.557. The van der Waals surface area contributed by atoms with Gasteiger partial charge in [0.05, 0.1) is 0 Å². The molecule has 29 heavy (non-hydrogen) atoms. The Morgan fingerprint density at radius 3 is 2.72 bits per heavy atom. The number of hydrogen-bond donors (Lipinski definition) is 2. The monoisotopic (exact) mass is 428 g/mol. The van der Waals surface area contributed by atoms with Crippen molar-refractivity contribution in [2.24, 2.45) is 0 Å². The largest absolute Gasteiger partial charge is 0.352 e. The van der Waals surface area contributed by atoms with Crippen molar-refractivity contribution in [1.29, 1.82) is 0 Å². The van der Waals surface area contributed by atoms with E-state index in [2.05, 4.69) is 20.8 Å². The molecule has 1 aromatic heterocycles. The van der Waals surface area contributed by atoms with Crippen molar-refractivity contribution in [1.82, 2.24) is 15.5 Å². The summed E-state index contributed by atoms with van der Waals surface area (Å²) >= 11 is 7.15. The SMILES string of the molecule is Cc1ccccc1CNC(=O)CCCc1nnc(C(=O)Nc2cccc(Cl)c2)s1. The molecule has 2 N–H and O–H groups in total. The number of benzene rings is 2. The van der Waals surface area contributed by atoms with Crippen LogP contribution < -0.4 is 10.6 Å². The minimum absolute atomic E-state index is 0.00306. The van der Waals surface area contributed by atoms with Crippen LogP contribution in [0.5, 0.6) is 0 Å². The Bertz CT molecular complexity index is 1010. The number of nitrogens with one attached hydrogen (secondary N) is 2. The van der Waals surface area contributed by atoms with Crippen molar-refractivity contribution in [3.8, 4) is 0 Å². The van der Waals surface area contributed by atoms with Crippen LogP contribution in [-0.2, 0) is 17.8 Å². The summed E-state index contributed by atoms with van der Waals surface area (Å²) in [5.74, 6) is -0.330. The van der Waals surface area contributed by atoms with Crippen LogP contribution in [0.25, 0.3) is 0 Å². The number of aryl methyl sites for hydroxylation is 2. The van der Waals surface area contributed by atoms with Crippen molar-refractivity contribution < 1.29 is 9.59 Å². The van der Waals surface area contributed by atoms with Crippen LogP contribution in [0.2, 0.25) is 5.02 Å². The van der Waals surface area contributed by atoms with E-state index in [0.29, 0.717) is 36.5 Å². The number of halogens is 1. The van der Waals surface area contributed by atoms with Gasteiger partial charge in [-0.25, -0.2) is 0 Å². The summed E-state index contributed by atoms with van der Waals surface area (Å²) in [5.41, 5.74) is 2.87. The second-order valence-electron chi connectivity index (χ2n) is 6.52. The van der Waals surface area contributed by atoms with E-state index in [1.807, 2.05) is 31.2 Å². The smallest absolute Gasteiger partial charge is 0.286 e. The lowest BCUT2D eigenvalue weighted by Gasteiger charge is -2.07. The second kappa shape index (κ2) is 10.1. The van der Waals surface area contributed by atoms with Gasteiger partial charge in [-0.3, -0.25) is 9.59 Å². The maximum absolute atomic E-state index is 12.3. The predicted molar refractivity (Wildman–Crippen MR) is 115 cm³/mol. The normalized spacial score (nSPS) is 10.6. The molecule has 0 fully saturated rings. The van der Waals surface area contributed by atoms with Gasteiger partial charge in [0.25, 0.3) is 5.91 Å². The van der Waals surface area contributed by atoms with E-state index in [-0.39, 0.29) is 16.8 Å². The van der Waals surface area contributed by atoms with Gasteiger partial charge in [-0.05, 0) is 42.7 Å². The minimum Gasteiger partial charge on any atom is -0.352 e. The van der Waals surface area contributed by atoms with E-state index in [1.165, 1.54) is 11.3 Å². The van der Waals surface area contributed by atoms with Crippen LogP contribution in [0, 0.1) is 6.92 Å². The molecule has 0 saturated heterocycles. The molecule has 0 unspecified atom stereocenters. The third kappa shape index (κ3) is 6.37. The van der Waals surface area contributed by atoms with Crippen LogP contribution in [0.15, 0.2) is 48.5 Å². The first-order valence-corrected chi connectivity index (χ1v) is 10.4. The van der Waals surface area contributed by atoms with Crippen molar-refractivity contribution in [3.05, 3.63) is 74.7 Å². The molecule has 3 aromatic rings. The molecule has 0 aliphatic carbocycles. The highest BCUT2D eigenvalue weighted by Crippen LogP contribution is 2.18. The molecular weight excluding hydrogens is 408 g/mol. The third-order valence-electron chi connectivity index (χ3n) is 4.28. The number of carbonyl (C=O) groups is 2. The average molecular weight is 429 g/mol. The topological polar surface area (TPSA) is 84.0 Å². The van der Waals surface area contributed by atoms with E-state index >= 15 is 0 Å². The molecule has 0 spiro atoms. The summed E-state index contributed by atoms with van der Waals surface area (Å²) in [4.78, 5) is 24.3. The molecule has 0 aliphatic heterocycles. The first-order chi connectivity index (χ1) is 14.0. The van der Waals surface area contributed by atoms with Gasteiger partial charge in [0.15, 0.2) is 0 Å². The Morgan fingerprint density at radius 1 is 1.10 bits per heavy atom. The molecule has 2 aromatic carbocycles. The van der Waals surface area contributed by atoms with E-state index in [1.54, 1.807) is 24.3 Å². The lowest BCUT2D eigenvalue weighted by atomic mass is 10.1. The molecule has 0 atom stereocenters. The zero-order valence-electron chi connectivity index (χ0n) is 15.9. The molecule has 3 rings (SSSR count). The van der Waals surface area contributed by atoms with Crippen LogP contribution >= 0.6 is 22.9 Å². The number of amides is 2. The first kappa shape index (κ1) is 21.0. The first-order valence-electron chi connectivity index (χ1n) is 9.22. The van der Waals surface area contributed by atoms with Gasteiger partial charge in [0.1, 0.15) is 5.01 Å². The number of anilines is 1. The van der Waals surface area contributed by atoms with Crippen molar-refractivity contribution in [2.75, 3.05) is 5.32 Å². The van der Waals surface area contributed by atoms with Crippen LogP contribution in [0.1, 0.15) is 38.8 Å². The summed E-state index contributed by atoms with van der Waals surface area (Å²) in [7, 11) is 0. The maximum atomic E-state index is 12.3. The number of rotatable bonds is 8. The van der Waals surface area contributed by atoms with Crippen LogP contribution in [0.4, 0.5) is 5.69 Å². The van der Waals surface area contributed by atoms with Crippen LogP contribution in [0.3, 0.4) is 0 Å². The minimum atomic E-state index is -0.327. The van der Waals surface area contributed by atoms with Gasteiger partial charge in [-0.1, -0.05) is 53.3 Å². The number of nitrogens with zero attached hydrogens (tertiary/aromatic N) is 2. The highest BCUT2D eigenvalue weighted by molar-refractivity contribution is 7.13. The molecule has 6 nitrogen and oxygen atoms in total. The number of carbonyl (C=O) groups excluding carboxylic acids is 2. The second-order valence-corrected chi connectivity index (χ2v) is 8.02. The lowest BCUT2D eigenvalue weighted by molar-refractivity contribution is -0.121. The van der Waals surface area contributed by atoms with E-state index in [0.717, 1.165) is 16.1 Å². The summed E-state index contributed by atoms with van der Waals surface area (Å²) in [6.07, 6.45) is 1.64. The fraction of sp³-hybridized carbons (Fsp3) is 0.238. The maximum Gasteiger partial charge on any atom is 0.286 e. The van der Waals surface area contributed by atoms with Gasteiger partial charge < -0.3 is 10.6 Å². The molecule has 2 amide bonds. The molecule has 8 heteroatoms. The molecule has 0 aliphatic rings. The highest BCUT2D eigenvalue weighted by atomic mass is 35.5. The van der Waals surface area contributed by atoms with E-state index < -0.39 is 0 Å². The molecule has 1 heterocycles. The summed E-state index contributed by atoms with van der Waals surface area (Å²) in [5, 5.41) is 15.2. The zero-order valence-corrected chi connectivity index (χ0v) is 17.5. The Hall–Kier alpha value is -2.77.